The van der Waals surface area contributed by atoms with Gasteiger partial charge in [0.15, 0.2) is 5.79 Å². The van der Waals surface area contributed by atoms with Gasteiger partial charge in [0.25, 0.3) is 0 Å². The fourth-order valence-corrected chi connectivity index (χ4v) is 2.30. The highest BCUT2D eigenvalue weighted by molar-refractivity contribution is 4.88. The fraction of sp³-hybridized carbons (Fsp3) is 1.00. The minimum Gasteiger partial charge on any atom is -0.390 e. The van der Waals surface area contributed by atoms with Gasteiger partial charge in [0.1, 0.15) is 0 Å². The first-order chi connectivity index (χ1) is 7.26. The third-order valence-corrected chi connectivity index (χ3v) is 3.11. The second-order valence-corrected chi connectivity index (χ2v) is 4.33. The Morgan fingerprint density at radius 1 is 1.40 bits per heavy atom. The summed E-state index contributed by atoms with van der Waals surface area (Å²) < 4.78 is 16.9. The van der Waals surface area contributed by atoms with Crippen molar-refractivity contribution in [1.29, 1.82) is 0 Å². The molecule has 0 radical (unpaired) electrons. The molecule has 1 heterocycles. The van der Waals surface area contributed by atoms with Crippen LogP contribution in [0.15, 0.2) is 0 Å². The van der Waals surface area contributed by atoms with Crippen LogP contribution in [0, 0.1) is 0 Å². The predicted octanol–water partition coefficient (Wildman–Crippen LogP) is 1.07. The van der Waals surface area contributed by atoms with Crippen molar-refractivity contribution in [1.82, 2.24) is 0 Å². The van der Waals surface area contributed by atoms with Crippen molar-refractivity contribution in [2.24, 2.45) is 0 Å². The number of rotatable bonds is 3. The van der Waals surface area contributed by atoms with Crippen molar-refractivity contribution in [2.75, 3.05) is 19.8 Å². The Hall–Kier alpha value is -0.160. The van der Waals surface area contributed by atoms with E-state index in [2.05, 4.69) is 6.92 Å². The summed E-state index contributed by atoms with van der Waals surface area (Å²) in [5.41, 5.74) is 0. The molecule has 1 saturated heterocycles. The van der Waals surface area contributed by atoms with Crippen LogP contribution in [0.3, 0.4) is 0 Å². The van der Waals surface area contributed by atoms with Crippen molar-refractivity contribution < 1.29 is 19.3 Å². The van der Waals surface area contributed by atoms with Crippen LogP contribution in [-0.2, 0) is 14.2 Å². The average molecular weight is 216 g/mol. The van der Waals surface area contributed by atoms with E-state index in [-0.39, 0.29) is 12.2 Å². The molecular formula is C11H20O4. The summed E-state index contributed by atoms with van der Waals surface area (Å²) in [6, 6.07) is 0. The van der Waals surface area contributed by atoms with Gasteiger partial charge >= 0.3 is 0 Å². The standard InChI is InChI=1S/C11H20O4/c1-2-5-13-10-8-11(4-3-9(10)12)14-6-7-15-11/h9-10,12H,2-8H2,1H3. The van der Waals surface area contributed by atoms with Crippen molar-refractivity contribution in [2.45, 2.75) is 50.6 Å². The summed E-state index contributed by atoms with van der Waals surface area (Å²) in [4.78, 5) is 0. The maximum atomic E-state index is 9.80. The van der Waals surface area contributed by atoms with Gasteiger partial charge in [-0.15, -0.1) is 0 Å². The van der Waals surface area contributed by atoms with Crippen LogP contribution in [0.5, 0.6) is 0 Å². The van der Waals surface area contributed by atoms with Crippen molar-refractivity contribution in [3.05, 3.63) is 0 Å². The molecule has 0 aromatic heterocycles. The molecule has 0 aromatic carbocycles. The fourth-order valence-electron chi connectivity index (χ4n) is 2.30. The Balaban J connectivity index is 1.91. The van der Waals surface area contributed by atoms with Crippen LogP contribution >= 0.6 is 0 Å². The van der Waals surface area contributed by atoms with Crippen LogP contribution in [0.4, 0.5) is 0 Å². The normalized spacial score (nSPS) is 34.8. The number of aliphatic hydroxyl groups is 1. The second-order valence-electron chi connectivity index (χ2n) is 4.33. The largest absolute Gasteiger partial charge is 0.390 e. The van der Waals surface area contributed by atoms with Crippen LogP contribution < -0.4 is 0 Å². The Bertz CT molecular complexity index is 201. The van der Waals surface area contributed by atoms with Gasteiger partial charge in [0.05, 0.1) is 25.4 Å². The zero-order valence-electron chi connectivity index (χ0n) is 9.28. The highest BCUT2D eigenvalue weighted by Crippen LogP contribution is 2.37. The molecule has 1 N–H and O–H groups in total. The molecule has 1 saturated carbocycles. The molecule has 2 aliphatic rings. The minimum atomic E-state index is -0.461. The minimum absolute atomic E-state index is 0.128. The second kappa shape index (κ2) is 4.78. The third kappa shape index (κ3) is 2.50. The van der Waals surface area contributed by atoms with Crippen LogP contribution in [0.1, 0.15) is 32.6 Å². The molecule has 0 aromatic rings. The maximum Gasteiger partial charge on any atom is 0.171 e. The molecule has 2 rings (SSSR count). The first-order valence-electron chi connectivity index (χ1n) is 5.83. The van der Waals surface area contributed by atoms with Gasteiger partial charge in [-0.25, -0.2) is 0 Å². The van der Waals surface area contributed by atoms with E-state index in [9.17, 15) is 5.11 Å². The molecule has 0 amide bonds. The van der Waals surface area contributed by atoms with Crippen molar-refractivity contribution in [3.8, 4) is 0 Å². The number of hydrogen-bond donors (Lipinski definition) is 1. The van der Waals surface area contributed by atoms with Crippen LogP contribution in [-0.4, -0.2) is 42.9 Å². The maximum absolute atomic E-state index is 9.80. The molecule has 4 heteroatoms. The van der Waals surface area contributed by atoms with E-state index < -0.39 is 5.79 Å². The molecule has 15 heavy (non-hydrogen) atoms. The predicted molar refractivity (Wildman–Crippen MR) is 54.5 cm³/mol. The van der Waals surface area contributed by atoms with Gasteiger partial charge in [0.2, 0.25) is 0 Å². The lowest BCUT2D eigenvalue weighted by atomic mass is 9.89. The molecule has 88 valence electrons. The zero-order valence-corrected chi connectivity index (χ0v) is 9.28. The highest BCUT2D eigenvalue weighted by Gasteiger charge is 2.45. The summed E-state index contributed by atoms with van der Waals surface area (Å²) >= 11 is 0. The molecule has 2 fully saturated rings. The lowest BCUT2D eigenvalue weighted by Crippen LogP contribution is -2.46. The first-order valence-corrected chi connectivity index (χ1v) is 5.83. The Morgan fingerprint density at radius 2 is 2.13 bits per heavy atom. The van der Waals surface area contributed by atoms with E-state index in [0.29, 0.717) is 32.7 Å². The quantitative estimate of drug-likeness (QED) is 0.766. The summed E-state index contributed by atoms with van der Waals surface area (Å²) in [6.45, 7) is 4.08. The van der Waals surface area contributed by atoms with E-state index in [0.717, 1.165) is 12.8 Å². The molecule has 0 bridgehead atoms. The molecule has 1 aliphatic heterocycles. The lowest BCUT2D eigenvalue weighted by molar-refractivity contribution is -0.221. The van der Waals surface area contributed by atoms with Gasteiger partial charge in [-0.1, -0.05) is 6.92 Å². The third-order valence-electron chi connectivity index (χ3n) is 3.11. The van der Waals surface area contributed by atoms with Crippen molar-refractivity contribution in [3.63, 3.8) is 0 Å². The Morgan fingerprint density at radius 3 is 2.80 bits per heavy atom. The Kier molecular flexibility index (Phi) is 3.61. The summed E-state index contributed by atoms with van der Waals surface area (Å²) in [6.07, 6.45) is 2.62. The number of ether oxygens (including phenoxy) is 3. The summed E-state index contributed by atoms with van der Waals surface area (Å²) in [5, 5.41) is 9.80. The molecule has 1 aliphatic carbocycles. The van der Waals surface area contributed by atoms with E-state index in [4.69, 9.17) is 14.2 Å². The monoisotopic (exact) mass is 216 g/mol. The lowest BCUT2D eigenvalue weighted by Gasteiger charge is -2.38. The highest BCUT2D eigenvalue weighted by atomic mass is 16.7. The van der Waals surface area contributed by atoms with Gasteiger partial charge < -0.3 is 19.3 Å². The molecular weight excluding hydrogens is 196 g/mol. The number of aliphatic hydroxyl groups excluding tert-OH is 1. The summed E-state index contributed by atoms with van der Waals surface area (Å²) in [7, 11) is 0. The molecule has 4 nitrogen and oxygen atoms in total. The first kappa shape index (κ1) is 11.3. The van der Waals surface area contributed by atoms with Gasteiger partial charge in [-0.3, -0.25) is 0 Å². The average Bonchev–Trinajstić information content (AvgIpc) is 2.69. The van der Waals surface area contributed by atoms with Crippen LogP contribution in [0.2, 0.25) is 0 Å². The zero-order chi connectivity index (χ0) is 10.7. The van der Waals surface area contributed by atoms with E-state index in [1.54, 1.807) is 0 Å². The number of hydrogen-bond acceptors (Lipinski definition) is 4. The van der Waals surface area contributed by atoms with Gasteiger partial charge in [0, 0.05) is 19.4 Å². The SMILES string of the molecule is CCCOC1CC2(CCC1O)OCCO2. The van der Waals surface area contributed by atoms with E-state index >= 15 is 0 Å². The molecule has 2 atom stereocenters. The van der Waals surface area contributed by atoms with Crippen molar-refractivity contribution >= 4 is 0 Å². The van der Waals surface area contributed by atoms with Gasteiger partial charge in [-0.2, -0.15) is 0 Å². The van der Waals surface area contributed by atoms with E-state index in [1.165, 1.54) is 0 Å². The molecule has 2 unspecified atom stereocenters. The molecule has 1 spiro atoms. The smallest absolute Gasteiger partial charge is 0.171 e. The summed E-state index contributed by atoms with van der Waals surface area (Å²) in [5.74, 6) is -0.461. The van der Waals surface area contributed by atoms with E-state index in [1.807, 2.05) is 0 Å². The van der Waals surface area contributed by atoms with Crippen LogP contribution in [0.25, 0.3) is 0 Å². The van der Waals surface area contributed by atoms with Gasteiger partial charge in [-0.05, 0) is 12.8 Å². The Labute approximate surface area is 90.5 Å². The topological polar surface area (TPSA) is 47.9 Å².